The van der Waals surface area contributed by atoms with Crippen LogP contribution >= 0.6 is 0 Å². The van der Waals surface area contributed by atoms with Crippen LogP contribution in [0.4, 0.5) is 13.2 Å². The highest BCUT2D eigenvalue weighted by Gasteiger charge is 2.34. The molecule has 0 aliphatic heterocycles. The molecule has 0 saturated heterocycles. The lowest BCUT2D eigenvalue weighted by atomic mass is 10.00. The number of hydrogen-bond donors (Lipinski definition) is 1. The Bertz CT molecular complexity index is 565. The van der Waals surface area contributed by atoms with Gasteiger partial charge < -0.3 is 15.2 Å². The minimum Gasteiger partial charge on any atom is -0.466 e. The fourth-order valence-corrected chi connectivity index (χ4v) is 1.72. The molecule has 1 aromatic carbocycles. The molecule has 0 bridgehead atoms. The zero-order valence-corrected chi connectivity index (χ0v) is 11.2. The first-order valence-corrected chi connectivity index (χ1v) is 5.98. The van der Waals surface area contributed by atoms with Crippen molar-refractivity contribution in [3.8, 4) is 11.8 Å². The molecular formula is C13H13F3N2O3. The summed E-state index contributed by atoms with van der Waals surface area (Å²) in [7, 11) is 0. The maximum atomic E-state index is 12.5. The quantitative estimate of drug-likeness (QED) is 0.841. The van der Waals surface area contributed by atoms with Crippen molar-refractivity contribution in [3.63, 3.8) is 0 Å². The summed E-state index contributed by atoms with van der Waals surface area (Å²) in [6, 6.07) is 4.27. The van der Waals surface area contributed by atoms with E-state index in [0.29, 0.717) is 0 Å². The van der Waals surface area contributed by atoms with E-state index < -0.39 is 24.5 Å². The van der Waals surface area contributed by atoms with E-state index in [1.165, 1.54) is 12.1 Å². The Hall–Kier alpha value is -2.27. The van der Waals surface area contributed by atoms with E-state index in [4.69, 9.17) is 11.0 Å². The summed E-state index contributed by atoms with van der Waals surface area (Å²) in [5.74, 6) is -1.37. The normalized spacial score (nSPS) is 10.9. The molecule has 0 saturated carbocycles. The van der Waals surface area contributed by atoms with E-state index in [1.807, 2.05) is 0 Å². The van der Waals surface area contributed by atoms with Gasteiger partial charge in [0, 0.05) is 17.7 Å². The van der Waals surface area contributed by atoms with Gasteiger partial charge in [-0.3, -0.25) is 4.79 Å². The van der Waals surface area contributed by atoms with Crippen molar-refractivity contribution in [2.45, 2.75) is 26.3 Å². The van der Waals surface area contributed by atoms with Gasteiger partial charge in [-0.1, -0.05) is 6.07 Å². The van der Waals surface area contributed by atoms with Gasteiger partial charge in [-0.2, -0.15) is 5.26 Å². The average Bonchev–Trinajstić information content (AvgIpc) is 2.39. The number of hydrogen-bond acceptors (Lipinski definition) is 5. The largest absolute Gasteiger partial charge is 0.573 e. The van der Waals surface area contributed by atoms with Crippen molar-refractivity contribution in [2.75, 3.05) is 6.61 Å². The van der Waals surface area contributed by atoms with Crippen LogP contribution < -0.4 is 10.5 Å². The first-order chi connectivity index (χ1) is 9.82. The molecule has 2 N–H and O–H groups in total. The number of carbonyl (C=O) groups is 1. The maximum absolute atomic E-state index is 12.5. The highest BCUT2D eigenvalue weighted by atomic mass is 19.4. The SMILES string of the molecule is CCOC(=O)Cc1c(C#N)ccc(CN)c1OC(F)(F)F. The van der Waals surface area contributed by atoms with Crippen LogP contribution in [0.25, 0.3) is 0 Å². The molecule has 1 rings (SSSR count). The lowest BCUT2D eigenvalue weighted by Crippen LogP contribution is -2.21. The van der Waals surface area contributed by atoms with Gasteiger partial charge >= 0.3 is 12.3 Å². The van der Waals surface area contributed by atoms with Crippen LogP contribution in [-0.4, -0.2) is 18.9 Å². The Labute approximate surface area is 119 Å². The molecule has 0 unspecified atom stereocenters. The fourth-order valence-electron chi connectivity index (χ4n) is 1.72. The number of ether oxygens (including phenoxy) is 2. The van der Waals surface area contributed by atoms with Gasteiger partial charge in [-0.15, -0.1) is 13.2 Å². The van der Waals surface area contributed by atoms with E-state index in [-0.39, 0.29) is 29.8 Å². The minimum atomic E-state index is -4.96. The van der Waals surface area contributed by atoms with E-state index >= 15 is 0 Å². The number of nitriles is 1. The number of halogens is 3. The van der Waals surface area contributed by atoms with Crippen molar-refractivity contribution in [2.24, 2.45) is 5.73 Å². The van der Waals surface area contributed by atoms with Crippen molar-refractivity contribution < 1.29 is 27.4 Å². The van der Waals surface area contributed by atoms with Crippen LogP contribution in [0.1, 0.15) is 23.6 Å². The molecule has 114 valence electrons. The summed E-state index contributed by atoms with van der Waals surface area (Å²) < 4.78 is 46.1. The number of esters is 1. The molecule has 5 nitrogen and oxygen atoms in total. The molecule has 0 aliphatic rings. The first kappa shape index (κ1) is 16.8. The summed E-state index contributed by atoms with van der Waals surface area (Å²) in [4.78, 5) is 11.5. The maximum Gasteiger partial charge on any atom is 0.573 e. The molecule has 0 fully saturated rings. The lowest BCUT2D eigenvalue weighted by Gasteiger charge is -2.17. The zero-order chi connectivity index (χ0) is 16.0. The third-order valence-electron chi connectivity index (χ3n) is 2.53. The third-order valence-corrected chi connectivity index (χ3v) is 2.53. The smallest absolute Gasteiger partial charge is 0.466 e. The van der Waals surface area contributed by atoms with Crippen molar-refractivity contribution in [3.05, 3.63) is 28.8 Å². The Morgan fingerprint density at radius 3 is 2.57 bits per heavy atom. The van der Waals surface area contributed by atoms with Crippen LogP contribution in [0.15, 0.2) is 12.1 Å². The Kier molecular flexibility index (Phi) is 5.55. The number of nitrogens with zero attached hydrogens (tertiary/aromatic N) is 1. The average molecular weight is 302 g/mol. The van der Waals surface area contributed by atoms with Crippen LogP contribution in [0.5, 0.6) is 5.75 Å². The van der Waals surface area contributed by atoms with Gasteiger partial charge in [0.15, 0.2) is 0 Å². The molecule has 0 heterocycles. The second-order valence-electron chi connectivity index (χ2n) is 3.93. The fraction of sp³-hybridized carbons (Fsp3) is 0.385. The second kappa shape index (κ2) is 6.95. The van der Waals surface area contributed by atoms with Crippen LogP contribution in [0.2, 0.25) is 0 Å². The Morgan fingerprint density at radius 2 is 2.10 bits per heavy atom. The van der Waals surface area contributed by atoms with E-state index in [9.17, 15) is 18.0 Å². The molecule has 1 aromatic rings. The summed E-state index contributed by atoms with van der Waals surface area (Å²) in [5.41, 5.74) is 5.14. The van der Waals surface area contributed by atoms with Crippen LogP contribution in [0, 0.1) is 11.3 Å². The minimum absolute atomic E-state index is 0.0469. The van der Waals surface area contributed by atoms with Gasteiger partial charge in [-0.25, -0.2) is 0 Å². The second-order valence-corrected chi connectivity index (χ2v) is 3.93. The van der Waals surface area contributed by atoms with Gasteiger partial charge in [0.05, 0.1) is 24.7 Å². The standard InChI is InChI=1S/C13H13F3N2O3/c1-2-20-11(19)5-10-8(6-17)3-4-9(7-18)12(10)21-13(14,15)16/h3-4H,2,5,7,18H2,1H3. The van der Waals surface area contributed by atoms with E-state index in [0.717, 1.165) is 0 Å². The van der Waals surface area contributed by atoms with E-state index in [2.05, 4.69) is 9.47 Å². The molecule has 0 spiro atoms. The highest BCUT2D eigenvalue weighted by molar-refractivity contribution is 5.75. The van der Waals surface area contributed by atoms with Gasteiger partial charge in [0.25, 0.3) is 0 Å². The summed E-state index contributed by atoms with van der Waals surface area (Å²) >= 11 is 0. The molecule has 0 atom stereocenters. The van der Waals surface area contributed by atoms with Gasteiger partial charge in [-0.05, 0) is 13.0 Å². The monoisotopic (exact) mass is 302 g/mol. The topological polar surface area (TPSA) is 85.3 Å². The Morgan fingerprint density at radius 1 is 1.43 bits per heavy atom. The molecule has 0 radical (unpaired) electrons. The van der Waals surface area contributed by atoms with Gasteiger partial charge in [0.2, 0.25) is 0 Å². The number of carbonyl (C=O) groups excluding carboxylic acids is 1. The van der Waals surface area contributed by atoms with Crippen molar-refractivity contribution in [1.29, 1.82) is 5.26 Å². The van der Waals surface area contributed by atoms with E-state index in [1.54, 1.807) is 13.0 Å². The summed E-state index contributed by atoms with van der Waals surface area (Å²) in [6.07, 6.45) is -5.46. The van der Waals surface area contributed by atoms with Crippen LogP contribution in [-0.2, 0) is 22.5 Å². The molecular weight excluding hydrogens is 289 g/mol. The first-order valence-electron chi connectivity index (χ1n) is 5.98. The lowest BCUT2D eigenvalue weighted by molar-refractivity contribution is -0.275. The van der Waals surface area contributed by atoms with Crippen LogP contribution in [0.3, 0.4) is 0 Å². The summed E-state index contributed by atoms with van der Waals surface area (Å²) in [5, 5.41) is 8.98. The molecule has 8 heteroatoms. The predicted molar refractivity (Wildman–Crippen MR) is 66.1 cm³/mol. The number of benzene rings is 1. The van der Waals surface area contributed by atoms with Gasteiger partial charge in [0.1, 0.15) is 5.75 Å². The highest BCUT2D eigenvalue weighted by Crippen LogP contribution is 2.32. The Balaban J connectivity index is 3.34. The predicted octanol–water partition coefficient (Wildman–Crippen LogP) is 2.02. The van der Waals surface area contributed by atoms with Crippen molar-refractivity contribution in [1.82, 2.24) is 0 Å². The molecule has 0 amide bonds. The molecule has 21 heavy (non-hydrogen) atoms. The third kappa shape index (κ3) is 4.65. The number of alkyl halides is 3. The molecule has 0 aromatic heterocycles. The number of nitrogens with two attached hydrogens (primary N) is 1. The molecule has 0 aliphatic carbocycles. The summed E-state index contributed by atoms with van der Waals surface area (Å²) in [6.45, 7) is 1.41. The zero-order valence-electron chi connectivity index (χ0n) is 11.2. The number of rotatable bonds is 5. The van der Waals surface area contributed by atoms with Crippen molar-refractivity contribution >= 4 is 5.97 Å².